The Kier molecular flexibility index (Phi) is 7.16. The molecule has 0 bridgehead atoms. The predicted octanol–water partition coefficient (Wildman–Crippen LogP) is 2.87. The number of carbonyl (C=O) groups excluding carboxylic acids is 2. The van der Waals surface area contributed by atoms with Gasteiger partial charge < -0.3 is 19.5 Å². The quantitative estimate of drug-likeness (QED) is 0.635. The normalized spacial score (nSPS) is 12.2. The van der Waals surface area contributed by atoms with Gasteiger partial charge in [-0.15, -0.1) is 0 Å². The average Bonchev–Trinajstić information content (AvgIpc) is 2.46. The highest BCUT2D eigenvalue weighted by molar-refractivity contribution is 6.17. The fraction of sp³-hybridized carbons (Fsp3) is 0.500. The molecule has 0 aliphatic carbocycles. The third kappa shape index (κ3) is 7.23. The van der Waals surface area contributed by atoms with Gasteiger partial charge in [0.2, 0.25) is 0 Å². The minimum atomic E-state index is -0.838. The first-order chi connectivity index (χ1) is 10.7. The maximum atomic E-state index is 11.9. The van der Waals surface area contributed by atoms with E-state index in [0.29, 0.717) is 5.75 Å². The van der Waals surface area contributed by atoms with Crippen molar-refractivity contribution in [1.29, 1.82) is 0 Å². The van der Waals surface area contributed by atoms with Crippen LogP contribution in [0.4, 0.5) is 4.79 Å². The van der Waals surface area contributed by atoms with Crippen molar-refractivity contribution in [2.45, 2.75) is 38.8 Å². The first kappa shape index (κ1) is 19.1. The molecular weight excluding hydrogens is 322 g/mol. The standard InChI is InChI=1S/C16H22ClNO5/c1-16(2,3)23-15(20)18-13(14(19)21-4)9-11-5-7-12(8-6-11)22-10-17/h5-8,13H,9-10H2,1-4H3,(H,18,20)/t13-/m1/s1. The van der Waals surface area contributed by atoms with Gasteiger partial charge in [0, 0.05) is 6.42 Å². The van der Waals surface area contributed by atoms with Crippen molar-refractivity contribution < 1.29 is 23.8 Å². The van der Waals surface area contributed by atoms with E-state index in [2.05, 4.69) is 5.32 Å². The maximum absolute atomic E-state index is 11.9. The first-order valence-corrected chi connectivity index (χ1v) is 7.63. The molecule has 23 heavy (non-hydrogen) atoms. The van der Waals surface area contributed by atoms with E-state index >= 15 is 0 Å². The monoisotopic (exact) mass is 343 g/mol. The van der Waals surface area contributed by atoms with Crippen LogP contribution in [0.15, 0.2) is 24.3 Å². The number of amides is 1. The molecule has 0 aromatic heterocycles. The van der Waals surface area contributed by atoms with Gasteiger partial charge >= 0.3 is 12.1 Å². The third-order valence-electron chi connectivity index (χ3n) is 2.76. The Morgan fingerprint density at radius 3 is 2.30 bits per heavy atom. The van der Waals surface area contributed by atoms with Crippen molar-refractivity contribution in [2.75, 3.05) is 13.2 Å². The van der Waals surface area contributed by atoms with Crippen molar-refractivity contribution in [3.05, 3.63) is 29.8 Å². The second kappa shape index (κ2) is 8.62. The van der Waals surface area contributed by atoms with E-state index in [1.807, 2.05) is 0 Å². The predicted molar refractivity (Wildman–Crippen MR) is 86.7 cm³/mol. The Morgan fingerprint density at radius 2 is 1.83 bits per heavy atom. The number of nitrogens with one attached hydrogen (secondary N) is 1. The van der Waals surface area contributed by atoms with Gasteiger partial charge in [-0.3, -0.25) is 0 Å². The Labute approximate surface area is 141 Å². The molecule has 1 aromatic carbocycles. The zero-order valence-corrected chi connectivity index (χ0v) is 14.5. The number of benzene rings is 1. The number of hydrogen-bond donors (Lipinski definition) is 1. The molecule has 0 spiro atoms. The molecular formula is C16H22ClNO5. The second-order valence-electron chi connectivity index (χ2n) is 5.82. The smallest absolute Gasteiger partial charge is 0.408 e. The van der Waals surface area contributed by atoms with Gasteiger partial charge in [0.25, 0.3) is 0 Å². The minimum absolute atomic E-state index is 0.0599. The highest BCUT2D eigenvalue weighted by Gasteiger charge is 2.25. The van der Waals surface area contributed by atoms with Gasteiger partial charge in [-0.1, -0.05) is 23.7 Å². The number of halogens is 1. The molecule has 1 aromatic rings. The Balaban J connectivity index is 2.74. The number of ether oxygens (including phenoxy) is 3. The summed E-state index contributed by atoms with van der Waals surface area (Å²) < 4.78 is 15.0. The van der Waals surface area contributed by atoms with Gasteiger partial charge in [-0.25, -0.2) is 9.59 Å². The van der Waals surface area contributed by atoms with Crippen molar-refractivity contribution in [2.24, 2.45) is 0 Å². The third-order valence-corrected chi connectivity index (χ3v) is 2.87. The molecule has 1 atom stereocenters. The van der Waals surface area contributed by atoms with E-state index in [-0.39, 0.29) is 12.5 Å². The van der Waals surface area contributed by atoms with Crippen LogP contribution in [-0.4, -0.2) is 36.9 Å². The lowest BCUT2D eigenvalue weighted by Gasteiger charge is -2.22. The van der Waals surface area contributed by atoms with Crippen LogP contribution in [0.3, 0.4) is 0 Å². The summed E-state index contributed by atoms with van der Waals surface area (Å²) in [6.07, 6.45) is -0.400. The Hall–Kier alpha value is -1.95. The van der Waals surface area contributed by atoms with Gasteiger partial charge in [0.05, 0.1) is 7.11 Å². The first-order valence-electron chi connectivity index (χ1n) is 7.10. The van der Waals surface area contributed by atoms with E-state index in [0.717, 1.165) is 5.56 Å². The van der Waals surface area contributed by atoms with Crippen LogP contribution in [0.25, 0.3) is 0 Å². The van der Waals surface area contributed by atoms with Crippen molar-refractivity contribution in [3.63, 3.8) is 0 Å². The second-order valence-corrected chi connectivity index (χ2v) is 6.04. The van der Waals surface area contributed by atoms with Crippen LogP contribution in [0.1, 0.15) is 26.3 Å². The lowest BCUT2D eigenvalue weighted by atomic mass is 10.1. The minimum Gasteiger partial charge on any atom is -0.478 e. The molecule has 1 N–H and O–H groups in total. The fourth-order valence-corrected chi connectivity index (χ4v) is 1.93. The van der Waals surface area contributed by atoms with Crippen molar-refractivity contribution in [1.82, 2.24) is 5.32 Å². The van der Waals surface area contributed by atoms with Gasteiger partial charge in [-0.2, -0.15) is 0 Å². The largest absolute Gasteiger partial charge is 0.478 e. The Morgan fingerprint density at radius 1 is 1.22 bits per heavy atom. The van der Waals surface area contributed by atoms with Crippen LogP contribution >= 0.6 is 11.6 Å². The molecule has 1 rings (SSSR count). The van der Waals surface area contributed by atoms with Crippen molar-refractivity contribution in [3.8, 4) is 5.75 Å². The molecule has 0 unspecified atom stereocenters. The number of alkyl carbamates (subject to hydrolysis) is 1. The molecule has 1 amide bonds. The van der Waals surface area contributed by atoms with Crippen LogP contribution in [0, 0.1) is 0 Å². The molecule has 0 saturated carbocycles. The lowest BCUT2D eigenvalue weighted by Crippen LogP contribution is -2.45. The fourth-order valence-electron chi connectivity index (χ4n) is 1.81. The van der Waals surface area contributed by atoms with E-state index in [1.54, 1.807) is 45.0 Å². The number of methoxy groups -OCH3 is 1. The topological polar surface area (TPSA) is 73.9 Å². The highest BCUT2D eigenvalue weighted by atomic mass is 35.5. The summed E-state index contributed by atoms with van der Waals surface area (Å²) >= 11 is 5.49. The maximum Gasteiger partial charge on any atom is 0.408 e. The number of alkyl halides is 1. The zero-order chi connectivity index (χ0) is 17.5. The van der Waals surface area contributed by atoms with E-state index in [4.69, 9.17) is 25.8 Å². The molecule has 0 radical (unpaired) electrons. The summed E-state index contributed by atoms with van der Waals surface area (Å²) in [5.41, 5.74) is 0.184. The van der Waals surface area contributed by atoms with Crippen LogP contribution < -0.4 is 10.1 Å². The average molecular weight is 344 g/mol. The van der Waals surface area contributed by atoms with E-state index in [1.165, 1.54) is 7.11 Å². The van der Waals surface area contributed by atoms with Crippen LogP contribution in [0.5, 0.6) is 5.75 Å². The van der Waals surface area contributed by atoms with Gasteiger partial charge in [0.1, 0.15) is 17.4 Å². The summed E-state index contributed by atoms with van der Waals surface area (Å²) in [5.74, 6) is 0.0791. The van der Waals surface area contributed by atoms with Crippen LogP contribution in [-0.2, 0) is 20.7 Å². The SMILES string of the molecule is COC(=O)[C@@H](Cc1ccc(OCCl)cc1)NC(=O)OC(C)(C)C. The molecule has 7 heteroatoms. The summed E-state index contributed by atoms with van der Waals surface area (Å²) in [4.78, 5) is 23.7. The number of carbonyl (C=O) groups is 2. The molecule has 0 saturated heterocycles. The number of esters is 1. The zero-order valence-electron chi connectivity index (χ0n) is 13.7. The molecule has 0 heterocycles. The molecule has 0 aliphatic rings. The lowest BCUT2D eigenvalue weighted by molar-refractivity contribution is -0.143. The van der Waals surface area contributed by atoms with Crippen molar-refractivity contribution >= 4 is 23.7 Å². The highest BCUT2D eigenvalue weighted by Crippen LogP contribution is 2.14. The number of hydrogen-bond acceptors (Lipinski definition) is 5. The Bertz CT molecular complexity index is 524. The molecule has 6 nitrogen and oxygen atoms in total. The van der Waals surface area contributed by atoms with Crippen LogP contribution in [0.2, 0.25) is 0 Å². The summed E-state index contributed by atoms with van der Waals surface area (Å²) in [6.45, 7) is 5.24. The summed E-state index contributed by atoms with van der Waals surface area (Å²) in [5, 5.41) is 2.52. The van der Waals surface area contributed by atoms with Gasteiger partial charge in [-0.05, 0) is 38.5 Å². The molecule has 128 valence electrons. The van der Waals surface area contributed by atoms with Gasteiger partial charge in [0.15, 0.2) is 6.07 Å². The molecule has 0 fully saturated rings. The summed E-state index contributed by atoms with van der Waals surface area (Å²) in [6, 6.07) is 6.27. The molecule has 0 aliphatic heterocycles. The van der Waals surface area contributed by atoms with E-state index in [9.17, 15) is 9.59 Å². The van der Waals surface area contributed by atoms with E-state index < -0.39 is 23.7 Å². The summed E-state index contributed by atoms with van der Waals surface area (Å²) in [7, 11) is 1.27. The number of rotatable bonds is 6.